The maximum Gasteiger partial charge on any atom is 0.267 e. The van der Waals surface area contributed by atoms with Gasteiger partial charge < -0.3 is 15.3 Å². The molecular weight excluding hydrogens is 326 g/mol. The number of rotatable bonds is 5. The lowest BCUT2D eigenvalue weighted by Gasteiger charge is -2.17. The number of para-hydroxylation sites is 1. The SMILES string of the molecule is Cc1cccc(C(C)C)c1NC(=O)/C(C#N)=C\N(C)c1ccc(O)cc1. The molecule has 0 aliphatic rings. The van der Waals surface area contributed by atoms with E-state index in [1.165, 1.54) is 6.20 Å². The Morgan fingerprint density at radius 2 is 1.88 bits per heavy atom. The van der Waals surface area contributed by atoms with Gasteiger partial charge in [0.05, 0.1) is 0 Å². The summed E-state index contributed by atoms with van der Waals surface area (Å²) in [6.45, 7) is 6.05. The molecule has 0 unspecified atom stereocenters. The number of phenolic OH excluding ortho intramolecular Hbond substituents is 1. The number of hydrogen-bond donors (Lipinski definition) is 2. The van der Waals surface area contributed by atoms with Crippen molar-refractivity contribution in [2.24, 2.45) is 0 Å². The number of amides is 1. The largest absolute Gasteiger partial charge is 0.508 e. The summed E-state index contributed by atoms with van der Waals surface area (Å²) in [6.07, 6.45) is 1.48. The summed E-state index contributed by atoms with van der Waals surface area (Å²) in [7, 11) is 1.74. The van der Waals surface area contributed by atoms with Gasteiger partial charge in [-0.25, -0.2) is 0 Å². The van der Waals surface area contributed by atoms with Gasteiger partial charge in [0.15, 0.2) is 0 Å². The average Bonchev–Trinajstić information content (AvgIpc) is 2.61. The molecule has 5 nitrogen and oxygen atoms in total. The van der Waals surface area contributed by atoms with Crippen LogP contribution in [0.3, 0.4) is 0 Å². The maximum atomic E-state index is 12.6. The standard InChI is InChI=1S/C21H23N3O2/c1-14(2)19-7-5-6-15(3)20(19)23-21(26)16(12-22)13-24(4)17-8-10-18(25)11-9-17/h5-11,13-14,25H,1-4H3,(H,23,26)/b16-13-. The molecule has 2 rings (SSSR count). The molecule has 2 aromatic carbocycles. The van der Waals surface area contributed by atoms with Crippen molar-refractivity contribution in [2.45, 2.75) is 26.7 Å². The number of anilines is 2. The number of phenols is 1. The van der Waals surface area contributed by atoms with Crippen LogP contribution in [0.25, 0.3) is 0 Å². The van der Waals surface area contributed by atoms with E-state index in [-0.39, 0.29) is 17.2 Å². The van der Waals surface area contributed by atoms with E-state index in [4.69, 9.17) is 0 Å². The van der Waals surface area contributed by atoms with Crippen LogP contribution in [0.1, 0.15) is 30.9 Å². The maximum absolute atomic E-state index is 12.6. The highest BCUT2D eigenvalue weighted by Gasteiger charge is 2.16. The van der Waals surface area contributed by atoms with Crippen molar-refractivity contribution in [3.05, 3.63) is 65.4 Å². The molecule has 5 heteroatoms. The zero-order valence-corrected chi connectivity index (χ0v) is 15.4. The highest BCUT2D eigenvalue weighted by atomic mass is 16.3. The fourth-order valence-electron chi connectivity index (χ4n) is 2.62. The van der Waals surface area contributed by atoms with Crippen molar-refractivity contribution in [1.82, 2.24) is 0 Å². The molecule has 0 heterocycles. The number of nitrogens with one attached hydrogen (secondary N) is 1. The Bertz CT molecular complexity index is 862. The summed E-state index contributed by atoms with van der Waals surface area (Å²) in [5, 5.41) is 21.7. The molecule has 1 amide bonds. The van der Waals surface area contributed by atoms with Crippen molar-refractivity contribution in [3.8, 4) is 11.8 Å². The quantitative estimate of drug-likeness (QED) is 0.623. The fraction of sp³-hybridized carbons (Fsp3) is 0.238. The van der Waals surface area contributed by atoms with Gasteiger partial charge in [-0.3, -0.25) is 4.79 Å². The highest BCUT2D eigenvalue weighted by molar-refractivity contribution is 6.07. The van der Waals surface area contributed by atoms with E-state index in [9.17, 15) is 15.2 Å². The van der Waals surface area contributed by atoms with E-state index in [1.54, 1.807) is 36.2 Å². The monoisotopic (exact) mass is 349 g/mol. The van der Waals surface area contributed by atoms with Crippen LogP contribution in [-0.4, -0.2) is 18.1 Å². The van der Waals surface area contributed by atoms with Gasteiger partial charge >= 0.3 is 0 Å². The average molecular weight is 349 g/mol. The van der Waals surface area contributed by atoms with Gasteiger partial charge in [0.1, 0.15) is 17.4 Å². The number of nitrogens with zero attached hydrogens (tertiary/aromatic N) is 2. The summed E-state index contributed by atoms with van der Waals surface area (Å²) in [4.78, 5) is 14.3. The van der Waals surface area contributed by atoms with E-state index in [0.29, 0.717) is 0 Å². The van der Waals surface area contributed by atoms with Crippen LogP contribution in [0.5, 0.6) is 5.75 Å². The van der Waals surface area contributed by atoms with Crippen molar-refractivity contribution in [2.75, 3.05) is 17.3 Å². The molecule has 26 heavy (non-hydrogen) atoms. The second-order valence-electron chi connectivity index (χ2n) is 6.43. The van der Waals surface area contributed by atoms with Crippen molar-refractivity contribution < 1.29 is 9.90 Å². The van der Waals surface area contributed by atoms with Crippen molar-refractivity contribution in [1.29, 1.82) is 5.26 Å². The lowest BCUT2D eigenvalue weighted by molar-refractivity contribution is -0.112. The lowest BCUT2D eigenvalue weighted by Crippen LogP contribution is -2.19. The van der Waals surface area contributed by atoms with Crippen LogP contribution in [0.15, 0.2) is 54.2 Å². The topological polar surface area (TPSA) is 76.4 Å². The fourth-order valence-corrected chi connectivity index (χ4v) is 2.62. The summed E-state index contributed by atoms with van der Waals surface area (Å²) in [5.74, 6) is -0.0427. The van der Waals surface area contributed by atoms with Crippen LogP contribution >= 0.6 is 0 Å². The molecule has 0 radical (unpaired) electrons. The molecule has 0 aliphatic heterocycles. The smallest absolute Gasteiger partial charge is 0.267 e. The second-order valence-corrected chi connectivity index (χ2v) is 6.43. The third kappa shape index (κ3) is 4.42. The third-order valence-corrected chi connectivity index (χ3v) is 4.11. The minimum atomic E-state index is -0.450. The normalized spacial score (nSPS) is 11.2. The Hall–Kier alpha value is -3.26. The van der Waals surface area contributed by atoms with E-state index < -0.39 is 5.91 Å². The van der Waals surface area contributed by atoms with Gasteiger partial charge in [0.25, 0.3) is 5.91 Å². The number of benzene rings is 2. The second kappa shape index (κ2) is 8.21. The van der Waals surface area contributed by atoms with Crippen molar-refractivity contribution >= 4 is 17.3 Å². The predicted octanol–water partition coefficient (Wildman–Crippen LogP) is 4.31. The number of aromatic hydroxyl groups is 1. The summed E-state index contributed by atoms with van der Waals surface area (Å²) in [6, 6.07) is 14.3. The van der Waals surface area contributed by atoms with E-state index in [0.717, 1.165) is 22.5 Å². The van der Waals surface area contributed by atoms with Crippen molar-refractivity contribution in [3.63, 3.8) is 0 Å². The van der Waals surface area contributed by atoms with Crippen LogP contribution in [0.2, 0.25) is 0 Å². The number of nitriles is 1. The number of hydrogen-bond acceptors (Lipinski definition) is 4. The van der Waals surface area contributed by atoms with E-state index in [1.807, 2.05) is 31.2 Å². The molecule has 2 aromatic rings. The molecule has 0 aromatic heterocycles. The summed E-state index contributed by atoms with van der Waals surface area (Å²) in [5.41, 5.74) is 3.48. The van der Waals surface area contributed by atoms with Crippen LogP contribution in [-0.2, 0) is 4.79 Å². The zero-order valence-electron chi connectivity index (χ0n) is 15.4. The summed E-state index contributed by atoms with van der Waals surface area (Å²) >= 11 is 0. The lowest BCUT2D eigenvalue weighted by atomic mass is 9.98. The minimum absolute atomic E-state index is 0.00136. The van der Waals surface area contributed by atoms with Gasteiger partial charge in [0.2, 0.25) is 0 Å². The Kier molecular flexibility index (Phi) is 6.03. The Labute approximate surface area is 154 Å². The Morgan fingerprint density at radius 1 is 1.23 bits per heavy atom. The third-order valence-electron chi connectivity index (χ3n) is 4.11. The number of carbonyl (C=O) groups excluding carboxylic acids is 1. The zero-order chi connectivity index (χ0) is 19.3. The van der Waals surface area contributed by atoms with Gasteiger partial charge in [-0.05, 0) is 48.2 Å². The molecular formula is C21H23N3O2. The Morgan fingerprint density at radius 3 is 2.46 bits per heavy atom. The first-order valence-corrected chi connectivity index (χ1v) is 8.38. The first-order chi connectivity index (χ1) is 12.3. The van der Waals surface area contributed by atoms with Crippen LogP contribution in [0, 0.1) is 18.3 Å². The molecule has 2 N–H and O–H groups in total. The Balaban J connectivity index is 2.27. The minimum Gasteiger partial charge on any atom is -0.508 e. The highest BCUT2D eigenvalue weighted by Crippen LogP contribution is 2.28. The first kappa shape index (κ1) is 19.1. The molecule has 0 spiro atoms. The van der Waals surface area contributed by atoms with Gasteiger partial charge in [0, 0.05) is 24.6 Å². The number of aryl methyl sites for hydroxylation is 1. The molecule has 0 atom stereocenters. The summed E-state index contributed by atoms with van der Waals surface area (Å²) < 4.78 is 0. The predicted molar refractivity (Wildman–Crippen MR) is 104 cm³/mol. The van der Waals surface area contributed by atoms with Gasteiger partial charge in [-0.15, -0.1) is 0 Å². The van der Waals surface area contributed by atoms with E-state index >= 15 is 0 Å². The molecule has 0 saturated carbocycles. The first-order valence-electron chi connectivity index (χ1n) is 8.38. The molecule has 134 valence electrons. The van der Waals surface area contributed by atoms with E-state index in [2.05, 4.69) is 19.2 Å². The molecule has 0 bridgehead atoms. The van der Waals surface area contributed by atoms with Gasteiger partial charge in [-0.2, -0.15) is 5.26 Å². The molecule has 0 aliphatic carbocycles. The van der Waals surface area contributed by atoms with Gasteiger partial charge in [-0.1, -0.05) is 32.0 Å². The molecule has 0 saturated heterocycles. The van der Waals surface area contributed by atoms with Crippen LogP contribution in [0.4, 0.5) is 11.4 Å². The molecule has 0 fully saturated rings. The van der Waals surface area contributed by atoms with Crippen LogP contribution < -0.4 is 10.2 Å². The number of carbonyl (C=O) groups is 1.